The monoisotopic (exact) mass is 464 g/mol. The minimum atomic E-state index is -4.70. The number of hydrogen-bond acceptors (Lipinski definition) is 4. The lowest BCUT2D eigenvalue weighted by molar-refractivity contribution is -0.142. The summed E-state index contributed by atoms with van der Waals surface area (Å²) in [7, 11) is 3.31. The van der Waals surface area contributed by atoms with E-state index in [-0.39, 0.29) is 23.4 Å². The molecule has 0 unspecified atom stereocenters. The van der Waals surface area contributed by atoms with Crippen LogP contribution in [0.2, 0.25) is 0 Å². The van der Waals surface area contributed by atoms with E-state index in [1.54, 1.807) is 43.2 Å². The van der Waals surface area contributed by atoms with Crippen LogP contribution in [-0.4, -0.2) is 42.2 Å². The van der Waals surface area contributed by atoms with E-state index >= 15 is 0 Å². The molecule has 7 nitrogen and oxygen atoms in total. The number of nitrogens with zero attached hydrogens (tertiary/aromatic N) is 6. The van der Waals surface area contributed by atoms with Crippen LogP contribution in [-0.2, 0) is 19.8 Å². The van der Waals surface area contributed by atoms with Crippen molar-refractivity contribution < 1.29 is 18.0 Å². The molecule has 172 valence electrons. The molecule has 34 heavy (non-hydrogen) atoms. The third kappa shape index (κ3) is 3.66. The Morgan fingerprint density at radius 2 is 1.82 bits per heavy atom. The van der Waals surface area contributed by atoms with Gasteiger partial charge < -0.3 is 4.90 Å². The summed E-state index contributed by atoms with van der Waals surface area (Å²) in [6.07, 6.45) is -1.96. The lowest BCUT2D eigenvalue weighted by Crippen LogP contribution is -2.27. The maximum absolute atomic E-state index is 14.0. The molecule has 0 atom stereocenters. The van der Waals surface area contributed by atoms with Crippen LogP contribution in [0, 0.1) is 0 Å². The smallest absolute Gasteiger partial charge is 0.336 e. The predicted octanol–water partition coefficient (Wildman–Crippen LogP) is 4.57. The highest BCUT2D eigenvalue weighted by atomic mass is 19.4. The fraction of sp³-hybridized carbons (Fsp3) is 0.167. The fourth-order valence-corrected chi connectivity index (χ4v) is 3.98. The molecule has 0 saturated carbocycles. The fourth-order valence-electron chi connectivity index (χ4n) is 3.98. The van der Waals surface area contributed by atoms with Crippen LogP contribution in [0.15, 0.2) is 67.0 Å². The maximum Gasteiger partial charge on any atom is 0.433 e. The molecule has 3 aromatic heterocycles. The first-order chi connectivity index (χ1) is 16.2. The number of alkyl halides is 3. The summed E-state index contributed by atoms with van der Waals surface area (Å²) >= 11 is 0. The lowest BCUT2D eigenvalue weighted by atomic mass is 10.0. The van der Waals surface area contributed by atoms with Gasteiger partial charge in [0.05, 0.1) is 24.1 Å². The van der Waals surface area contributed by atoms with Gasteiger partial charge >= 0.3 is 6.18 Å². The molecular formula is C24H19F3N6O. The van der Waals surface area contributed by atoms with Crippen LogP contribution in [0.3, 0.4) is 0 Å². The number of carbonyl (C=O) groups excluding carboxylic acids is 1. The van der Waals surface area contributed by atoms with Gasteiger partial charge in [-0.25, -0.2) is 9.50 Å². The van der Waals surface area contributed by atoms with Crippen molar-refractivity contribution >= 4 is 22.3 Å². The Labute approximate surface area is 192 Å². The van der Waals surface area contributed by atoms with Crippen LogP contribution in [0.25, 0.3) is 27.7 Å². The van der Waals surface area contributed by atoms with Crippen molar-refractivity contribution in [3.8, 4) is 11.3 Å². The third-order valence-corrected chi connectivity index (χ3v) is 5.73. The first-order valence-corrected chi connectivity index (χ1v) is 10.4. The van der Waals surface area contributed by atoms with Crippen LogP contribution in [0.5, 0.6) is 0 Å². The topological polar surface area (TPSA) is 68.3 Å². The molecule has 3 heterocycles. The van der Waals surface area contributed by atoms with E-state index in [9.17, 15) is 18.0 Å². The second-order valence-electron chi connectivity index (χ2n) is 7.95. The number of halogens is 3. The SMILES string of the molecule is CN(Cc1ccnn1C)C(=O)c1cnn2c(C(F)(F)F)cc(-c3cccc4ccccc34)nc12. The molecular weight excluding hydrogens is 445 g/mol. The van der Waals surface area contributed by atoms with E-state index < -0.39 is 17.8 Å². The van der Waals surface area contributed by atoms with E-state index in [2.05, 4.69) is 15.2 Å². The van der Waals surface area contributed by atoms with Gasteiger partial charge in [0.1, 0.15) is 5.56 Å². The Balaban J connectivity index is 1.67. The molecule has 0 spiro atoms. The van der Waals surface area contributed by atoms with Crippen LogP contribution >= 0.6 is 0 Å². The van der Waals surface area contributed by atoms with Crippen molar-refractivity contribution in [3.63, 3.8) is 0 Å². The van der Waals surface area contributed by atoms with Gasteiger partial charge in [-0.3, -0.25) is 9.48 Å². The number of amides is 1. The van der Waals surface area contributed by atoms with Gasteiger partial charge in [-0.1, -0.05) is 42.5 Å². The van der Waals surface area contributed by atoms with Gasteiger partial charge in [0.25, 0.3) is 5.91 Å². The quantitative estimate of drug-likeness (QED) is 0.391. The number of hydrogen-bond donors (Lipinski definition) is 0. The summed E-state index contributed by atoms with van der Waals surface area (Å²) in [4.78, 5) is 19.1. The van der Waals surface area contributed by atoms with Crippen molar-refractivity contribution in [2.24, 2.45) is 7.05 Å². The highest BCUT2D eigenvalue weighted by Gasteiger charge is 2.36. The van der Waals surface area contributed by atoms with Gasteiger partial charge in [-0.15, -0.1) is 0 Å². The predicted molar refractivity (Wildman–Crippen MR) is 120 cm³/mol. The molecule has 0 bridgehead atoms. The van der Waals surface area contributed by atoms with Crippen molar-refractivity contribution in [1.82, 2.24) is 29.3 Å². The highest BCUT2D eigenvalue weighted by molar-refractivity contribution is 6.00. The number of carbonyl (C=O) groups is 1. The van der Waals surface area contributed by atoms with Gasteiger partial charge in [-0.2, -0.15) is 23.4 Å². The first-order valence-electron chi connectivity index (χ1n) is 10.4. The molecule has 2 aromatic carbocycles. The van der Waals surface area contributed by atoms with Crippen molar-refractivity contribution in [2.75, 3.05) is 7.05 Å². The Bertz CT molecular complexity index is 1530. The van der Waals surface area contributed by atoms with Crippen LogP contribution < -0.4 is 0 Å². The molecule has 0 aliphatic rings. The second kappa shape index (κ2) is 7.98. The van der Waals surface area contributed by atoms with Gasteiger partial charge in [-0.05, 0) is 22.9 Å². The van der Waals surface area contributed by atoms with Crippen LogP contribution in [0.1, 0.15) is 21.7 Å². The van der Waals surface area contributed by atoms with E-state index in [4.69, 9.17) is 0 Å². The van der Waals surface area contributed by atoms with E-state index in [1.807, 2.05) is 30.3 Å². The van der Waals surface area contributed by atoms with Gasteiger partial charge in [0.15, 0.2) is 11.3 Å². The Kier molecular flexibility index (Phi) is 5.07. The zero-order chi connectivity index (χ0) is 24.0. The molecule has 0 saturated heterocycles. The zero-order valence-electron chi connectivity index (χ0n) is 18.3. The normalized spacial score (nSPS) is 11.9. The summed E-state index contributed by atoms with van der Waals surface area (Å²) in [6, 6.07) is 15.5. The molecule has 0 N–H and O–H groups in total. The Morgan fingerprint density at radius 1 is 1.06 bits per heavy atom. The zero-order valence-corrected chi connectivity index (χ0v) is 18.3. The number of fused-ring (bicyclic) bond motifs is 2. The first kappa shape index (κ1) is 21.6. The standard InChI is InChI=1S/C24H19F3N6O/c1-31(14-16-10-11-28-32(16)2)23(34)19-13-29-33-21(24(25,26)27)12-20(30-22(19)33)18-9-5-7-15-6-3-4-8-17(15)18/h3-13H,14H2,1-2H3. The van der Waals surface area contributed by atoms with Gasteiger partial charge in [0.2, 0.25) is 0 Å². The summed E-state index contributed by atoms with van der Waals surface area (Å²) in [5, 5.41) is 9.58. The molecule has 0 fully saturated rings. The summed E-state index contributed by atoms with van der Waals surface area (Å²) in [5.41, 5.74) is 0.243. The summed E-state index contributed by atoms with van der Waals surface area (Å²) in [5.74, 6) is -0.494. The number of rotatable bonds is 4. The average molecular weight is 464 g/mol. The number of aryl methyl sites for hydroxylation is 1. The average Bonchev–Trinajstić information content (AvgIpc) is 3.42. The van der Waals surface area contributed by atoms with Crippen molar-refractivity contribution in [2.45, 2.75) is 12.7 Å². The molecule has 0 radical (unpaired) electrons. The maximum atomic E-state index is 14.0. The van der Waals surface area contributed by atoms with Gasteiger partial charge in [0, 0.05) is 25.9 Å². The summed E-state index contributed by atoms with van der Waals surface area (Å²) < 4.78 is 44.3. The van der Waals surface area contributed by atoms with Crippen LogP contribution in [0.4, 0.5) is 13.2 Å². The molecule has 5 aromatic rings. The minimum Gasteiger partial charge on any atom is -0.336 e. The van der Waals surface area contributed by atoms with Crippen molar-refractivity contribution in [1.29, 1.82) is 0 Å². The minimum absolute atomic E-state index is 0.0164. The molecule has 5 rings (SSSR count). The molecule has 10 heteroatoms. The van der Waals surface area contributed by atoms with Crippen molar-refractivity contribution in [3.05, 3.63) is 83.9 Å². The largest absolute Gasteiger partial charge is 0.433 e. The molecule has 0 aliphatic carbocycles. The van der Waals surface area contributed by atoms with E-state index in [0.29, 0.717) is 10.1 Å². The number of benzene rings is 2. The number of aromatic nitrogens is 5. The highest BCUT2D eigenvalue weighted by Crippen LogP contribution is 2.35. The summed E-state index contributed by atoms with van der Waals surface area (Å²) in [6.45, 7) is 0.224. The molecule has 0 aliphatic heterocycles. The Morgan fingerprint density at radius 3 is 2.56 bits per heavy atom. The van der Waals surface area contributed by atoms with E-state index in [1.165, 1.54) is 4.90 Å². The lowest BCUT2D eigenvalue weighted by Gasteiger charge is -2.17. The second-order valence-corrected chi connectivity index (χ2v) is 7.95. The Hall–Kier alpha value is -4.21. The third-order valence-electron chi connectivity index (χ3n) is 5.73. The molecule has 1 amide bonds. The van der Waals surface area contributed by atoms with E-state index in [0.717, 1.165) is 28.7 Å².